The third kappa shape index (κ3) is 27.5. The highest BCUT2D eigenvalue weighted by atomic mass is 19.4. The molecule has 0 bridgehead atoms. The summed E-state index contributed by atoms with van der Waals surface area (Å²) in [5.74, 6) is -12.0. The maximum Gasteiger partial charge on any atom is 0.416 e. The number of halogens is 3. The molecular weight excluding hydrogens is 1380 g/mol. The van der Waals surface area contributed by atoms with E-state index in [0.717, 1.165) is 77.4 Å². The first kappa shape index (κ1) is 91.7. The second-order valence-electron chi connectivity index (χ2n) is 32.4. The second-order valence-corrected chi connectivity index (χ2v) is 32.4. The first-order chi connectivity index (χ1) is 49.6. The molecule has 606 valence electrons. The van der Waals surface area contributed by atoms with Gasteiger partial charge in [-0.15, -0.1) is 0 Å². The molecule has 2 saturated heterocycles. The SMILES string of the molecule is CCCCN1CC(=O)N(C)[C@@H](CC(C)C)C(=O)N[C@@H](COCC(O)C(F)(F)F)C(=O)N(C)[C@@H](CC2CCCCC2)C(=O)N(C)[C@@H](C(C)C)C(=O)N[C@H](C(=O)N2CCCCC2)CC(=O)N[C@H](C(C)C)C(=O)N(C)[C@@H](CC2CCCCC2)C(=O)N[C@@H](CC(C)C)C(=O)N(C)[C@@H](CC(C)C)C(=O)N[C@@H]([C@@H](C)O)C1=O. The number of nitrogens with one attached hydrogen (secondary N) is 5. The number of carbonyl (C=O) groups excluding carboxylic acids is 12. The molecule has 27 nitrogen and oxygen atoms in total. The van der Waals surface area contributed by atoms with Gasteiger partial charge in [0.15, 0.2) is 6.10 Å². The second kappa shape index (κ2) is 43.5. The number of amides is 12. The molecular formula is C76H131F3N12O15. The molecule has 0 aromatic heterocycles. The summed E-state index contributed by atoms with van der Waals surface area (Å²) >= 11 is 0. The molecule has 2 aliphatic heterocycles. The van der Waals surface area contributed by atoms with Crippen LogP contribution in [0, 0.1) is 41.4 Å². The number of hydrogen-bond acceptors (Lipinski definition) is 15. The van der Waals surface area contributed by atoms with Crippen LogP contribution in [-0.2, 0) is 62.3 Å². The Morgan fingerprint density at radius 1 is 0.509 bits per heavy atom. The first-order valence-corrected chi connectivity index (χ1v) is 39.0. The lowest BCUT2D eigenvalue weighted by atomic mass is 9.84. The largest absolute Gasteiger partial charge is 0.416 e. The molecule has 0 aromatic carbocycles. The average molecular weight is 1510 g/mol. The predicted molar refractivity (Wildman–Crippen MR) is 394 cm³/mol. The van der Waals surface area contributed by atoms with Gasteiger partial charge in [-0.25, -0.2) is 0 Å². The van der Waals surface area contributed by atoms with Crippen molar-refractivity contribution in [2.45, 2.75) is 297 Å². The Labute approximate surface area is 627 Å². The molecule has 7 N–H and O–H groups in total. The topological polar surface area (TPSA) is 337 Å². The summed E-state index contributed by atoms with van der Waals surface area (Å²) in [6.45, 7) is 18.1. The third-order valence-corrected chi connectivity index (χ3v) is 21.4. The minimum absolute atomic E-state index is 0.0138. The molecule has 12 amide bonds. The Bertz CT molecular complexity index is 2900. The van der Waals surface area contributed by atoms with E-state index in [2.05, 4.69) is 26.6 Å². The number of hydrogen-bond donors (Lipinski definition) is 7. The summed E-state index contributed by atoms with van der Waals surface area (Å²) in [5.41, 5.74) is 0. The highest BCUT2D eigenvalue weighted by Gasteiger charge is 2.46. The summed E-state index contributed by atoms with van der Waals surface area (Å²) in [6, 6.07) is -14.5. The summed E-state index contributed by atoms with van der Waals surface area (Å²) in [5, 5.41) is 35.4. The van der Waals surface area contributed by atoms with Crippen LogP contribution in [-0.4, -0.2) is 269 Å². The van der Waals surface area contributed by atoms with Crippen molar-refractivity contribution in [2.24, 2.45) is 41.4 Å². The number of aliphatic hydroxyl groups excluding tert-OH is 2. The zero-order chi connectivity index (χ0) is 79.8. The lowest BCUT2D eigenvalue weighted by Crippen LogP contribution is -2.62. The van der Waals surface area contributed by atoms with Gasteiger partial charge >= 0.3 is 6.18 Å². The van der Waals surface area contributed by atoms with Crippen molar-refractivity contribution < 1.29 is 85.7 Å². The number of likely N-dealkylation sites (tertiary alicyclic amines) is 1. The third-order valence-electron chi connectivity index (χ3n) is 21.4. The normalized spacial score (nSPS) is 26.9. The van der Waals surface area contributed by atoms with Crippen molar-refractivity contribution >= 4 is 70.9 Å². The van der Waals surface area contributed by atoms with Crippen molar-refractivity contribution in [2.75, 3.05) is 74.6 Å². The Hall–Kier alpha value is -6.69. The number of aliphatic hydroxyl groups is 2. The van der Waals surface area contributed by atoms with Crippen LogP contribution in [0.2, 0.25) is 0 Å². The van der Waals surface area contributed by atoms with Crippen molar-refractivity contribution in [3.8, 4) is 0 Å². The van der Waals surface area contributed by atoms with Crippen LogP contribution in [0.5, 0.6) is 0 Å². The number of nitrogens with zero attached hydrogens (tertiary/aromatic N) is 7. The average Bonchev–Trinajstić information content (AvgIpc) is 0.814. The predicted octanol–water partition coefficient (Wildman–Crippen LogP) is 5.30. The van der Waals surface area contributed by atoms with E-state index in [1.165, 1.54) is 52.0 Å². The van der Waals surface area contributed by atoms with E-state index in [-0.39, 0.29) is 68.2 Å². The summed E-state index contributed by atoms with van der Waals surface area (Å²) in [6.07, 6.45) is 0.735. The quantitative estimate of drug-likeness (QED) is 0.0767. The van der Waals surface area contributed by atoms with Gasteiger partial charge in [-0.3, -0.25) is 57.5 Å². The minimum atomic E-state index is -5.16. The molecule has 30 heteroatoms. The van der Waals surface area contributed by atoms with E-state index in [0.29, 0.717) is 51.6 Å². The fraction of sp³-hybridized carbons (Fsp3) is 0.842. The Balaban J connectivity index is 2.02. The lowest BCUT2D eigenvalue weighted by molar-refractivity contribution is -0.217. The molecule has 4 rings (SSSR count). The van der Waals surface area contributed by atoms with E-state index < -0.39 is 188 Å². The zero-order valence-electron chi connectivity index (χ0n) is 66.5. The van der Waals surface area contributed by atoms with Crippen LogP contribution in [0.25, 0.3) is 0 Å². The molecule has 2 saturated carbocycles. The molecule has 0 radical (unpaired) electrons. The molecule has 0 aromatic rings. The van der Waals surface area contributed by atoms with E-state index in [4.69, 9.17) is 4.74 Å². The Morgan fingerprint density at radius 2 is 0.981 bits per heavy atom. The van der Waals surface area contributed by atoms with Crippen LogP contribution in [0.1, 0.15) is 218 Å². The van der Waals surface area contributed by atoms with Gasteiger partial charge in [0.25, 0.3) is 0 Å². The molecule has 4 fully saturated rings. The fourth-order valence-electron chi connectivity index (χ4n) is 15.0. The standard InChI is InChI=1S/C76H131F3N12O15/c1-18-19-33-91-42-62(95)85(13)56(37-46(4)5)66(96)82-55(43-106-44-60(93)76(77,78)79)71(101)88(16)59(40-52-31-25-21-26-32-52)73(103)89(17)65(49(10)11)69(99)81-54(72(102)90-34-27-22-28-35-90)41-61(94)83-63(48(8)9)74(104)87(15)58(39-51-29-23-20-24-30-51)67(97)80-53(36-45(2)3)70(100)86(14)57(38-47(6)7)68(98)84-64(50(12)92)75(91)105/h45-60,63-65,92-93H,18-44H2,1-17H3,(H,80,97)(H,81,99)(H,82,96)(H,83,94)(H,84,98)/t50-,53+,54+,55+,56+,57+,58+,59+,60?,63-,64+,65+/m1/s1. The van der Waals surface area contributed by atoms with Gasteiger partial charge in [-0.05, 0) is 106 Å². The number of carbonyl (C=O) groups is 12. The van der Waals surface area contributed by atoms with Gasteiger partial charge in [0, 0.05) is 54.9 Å². The smallest absolute Gasteiger partial charge is 0.391 e. The van der Waals surface area contributed by atoms with Crippen LogP contribution in [0.15, 0.2) is 0 Å². The van der Waals surface area contributed by atoms with Gasteiger partial charge in [0.2, 0.25) is 70.9 Å². The van der Waals surface area contributed by atoms with E-state index in [9.17, 15) is 42.6 Å². The van der Waals surface area contributed by atoms with Gasteiger partial charge < -0.3 is 75.8 Å². The van der Waals surface area contributed by atoms with E-state index >= 15 is 38.4 Å². The monoisotopic (exact) mass is 1510 g/mol. The van der Waals surface area contributed by atoms with Crippen molar-refractivity contribution in [1.82, 2.24) is 60.9 Å². The van der Waals surface area contributed by atoms with Gasteiger partial charge in [-0.1, -0.05) is 147 Å². The molecule has 1 unspecified atom stereocenters. The maximum atomic E-state index is 15.6. The minimum Gasteiger partial charge on any atom is -0.391 e. The number of unbranched alkanes of at least 4 members (excludes halogenated alkanes) is 1. The Kier molecular flexibility index (Phi) is 37.6. The maximum absolute atomic E-state index is 15.6. The van der Waals surface area contributed by atoms with Crippen molar-refractivity contribution in [3.05, 3.63) is 0 Å². The highest BCUT2D eigenvalue weighted by molar-refractivity contribution is 6.00. The van der Waals surface area contributed by atoms with E-state index in [1.54, 1.807) is 46.4 Å². The Morgan fingerprint density at radius 3 is 1.48 bits per heavy atom. The molecule has 12 atom stereocenters. The van der Waals surface area contributed by atoms with Gasteiger partial charge in [0.05, 0.1) is 32.3 Å². The van der Waals surface area contributed by atoms with Gasteiger partial charge in [0.1, 0.15) is 60.4 Å². The highest BCUT2D eigenvalue weighted by Crippen LogP contribution is 2.32. The molecule has 2 aliphatic carbocycles. The molecule has 0 spiro atoms. The summed E-state index contributed by atoms with van der Waals surface area (Å²) in [4.78, 5) is 190. The van der Waals surface area contributed by atoms with Crippen molar-refractivity contribution in [1.29, 1.82) is 0 Å². The lowest BCUT2D eigenvalue weighted by Gasteiger charge is -2.39. The summed E-state index contributed by atoms with van der Waals surface area (Å²) in [7, 11) is 6.76. The van der Waals surface area contributed by atoms with Crippen molar-refractivity contribution in [3.63, 3.8) is 0 Å². The number of rotatable bonds is 21. The summed E-state index contributed by atoms with van der Waals surface area (Å²) < 4.78 is 46.8. The number of ether oxygens (including phenoxy) is 1. The van der Waals surface area contributed by atoms with Crippen LogP contribution < -0.4 is 26.6 Å². The zero-order valence-corrected chi connectivity index (χ0v) is 66.5. The number of likely N-dealkylation sites (N-methyl/N-ethyl adjacent to an activating group) is 5. The molecule has 4 aliphatic rings. The van der Waals surface area contributed by atoms with Gasteiger partial charge in [-0.2, -0.15) is 13.2 Å². The molecule has 106 heavy (non-hydrogen) atoms. The first-order valence-electron chi connectivity index (χ1n) is 39.0. The fourth-order valence-corrected chi connectivity index (χ4v) is 15.0. The molecule has 2 heterocycles. The van der Waals surface area contributed by atoms with E-state index in [1.807, 2.05) is 34.6 Å². The number of alkyl halides is 3. The van der Waals surface area contributed by atoms with Crippen LogP contribution >= 0.6 is 0 Å². The van der Waals surface area contributed by atoms with Crippen LogP contribution in [0.3, 0.4) is 0 Å². The number of piperidine rings is 1. The van der Waals surface area contributed by atoms with Crippen LogP contribution in [0.4, 0.5) is 13.2 Å².